The lowest BCUT2D eigenvalue weighted by Crippen LogP contribution is -2.59. The zero-order valence-electron chi connectivity index (χ0n) is 46.5. The number of aliphatic hydroxyl groups is 1. The van der Waals surface area contributed by atoms with Crippen LogP contribution in [0.1, 0.15) is 75.9 Å². The minimum Gasteiger partial charge on any atom is -0.497 e. The zero-order valence-corrected chi connectivity index (χ0v) is 47.3. The van der Waals surface area contributed by atoms with Crippen molar-refractivity contribution in [1.82, 2.24) is 35.4 Å². The summed E-state index contributed by atoms with van der Waals surface area (Å²) in [4.78, 5) is 92.5. The molecule has 2 aromatic heterocycles. The van der Waals surface area contributed by atoms with Crippen LogP contribution < -0.4 is 45.4 Å². The third-order valence-corrected chi connectivity index (χ3v) is 15.7. The van der Waals surface area contributed by atoms with Gasteiger partial charge < -0.3 is 45.6 Å². The van der Waals surface area contributed by atoms with Crippen LogP contribution in [0.3, 0.4) is 0 Å². The average molecular weight is 1110 g/mol. The molecule has 6 amide bonds. The van der Waals surface area contributed by atoms with Gasteiger partial charge in [-0.1, -0.05) is 64.1 Å². The van der Waals surface area contributed by atoms with Gasteiger partial charge in [0, 0.05) is 92.6 Å². The molecular weight excluding hydrogens is 1040 g/mol. The highest BCUT2D eigenvalue weighted by Crippen LogP contribution is 2.37. The van der Waals surface area contributed by atoms with Crippen molar-refractivity contribution in [3.63, 3.8) is 0 Å². The van der Waals surface area contributed by atoms with Crippen LogP contribution in [-0.4, -0.2) is 131 Å². The fourth-order valence-corrected chi connectivity index (χ4v) is 11.0. The number of nitrogens with zero attached hydrogens (tertiary/aromatic N) is 8. The van der Waals surface area contributed by atoms with Gasteiger partial charge in [0.15, 0.2) is 0 Å². The maximum atomic E-state index is 14.5. The van der Waals surface area contributed by atoms with Crippen LogP contribution >= 0.6 is 11.3 Å². The summed E-state index contributed by atoms with van der Waals surface area (Å²) in [5, 5.41) is 23.0. The van der Waals surface area contributed by atoms with Crippen LogP contribution in [0.4, 0.5) is 39.3 Å². The van der Waals surface area contributed by atoms with E-state index in [2.05, 4.69) is 41.0 Å². The van der Waals surface area contributed by atoms with Crippen molar-refractivity contribution in [3.8, 4) is 21.9 Å². The second kappa shape index (κ2) is 24.5. The van der Waals surface area contributed by atoms with Crippen molar-refractivity contribution >= 4 is 75.5 Å². The van der Waals surface area contributed by atoms with E-state index in [4.69, 9.17) is 14.5 Å². The fourth-order valence-electron chi connectivity index (χ4n) is 10.2. The Kier molecular flexibility index (Phi) is 17.3. The Balaban J connectivity index is 0.802. The van der Waals surface area contributed by atoms with Gasteiger partial charge in [0.25, 0.3) is 0 Å². The first-order valence-corrected chi connectivity index (χ1v) is 27.8. The van der Waals surface area contributed by atoms with Crippen molar-refractivity contribution in [3.05, 3.63) is 125 Å². The third kappa shape index (κ3) is 13.1. The summed E-state index contributed by atoms with van der Waals surface area (Å²) in [7, 11) is 3.11. The van der Waals surface area contributed by atoms with Crippen LogP contribution in [0.25, 0.3) is 10.4 Å². The number of piperazine rings is 1. The smallest absolute Gasteiger partial charge is 0.330 e. The van der Waals surface area contributed by atoms with E-state index >= 15 is 0 Å². The third-order valence-electron chi connectivity index (χ3n) is 14.7. The number of aryl methyl sites for hydroxylation is 1. The number of amides is 6. The molecule has 2 saturated heterocycles. The first-order chi connectivity index (χ1) is 38.4. The molecule has 4 aromatic carbocycles. The molecule has 2 fully saturated rings. The van der Waals surface area contributed by atoms with E-state index < -0.39 is 29.5 Å². The number of methoxy groups -OCH3 is 2. The Morgan fingerprint density at radius 1 is 0.838 bits per heavy atom. The fraction of sp³-hybridized carbons (Fsp3) is 0.390. The van der Waals surface area contributed by atoms with Gasteiger partial charge in [-0.05, 0) is 72.4 Å². The van der Waals surface area contributed by atoms with Crippen LogP contribution in [0.15, 0.2) is 103 Å². The molecule has 3 aliphatic heterocycles. The zero-order chi connectivity index (χ0) is 56.8. The number of carbonyl (C=O) groups is 5. The monoisotopic (exact) mass is 1110 g/mol. The molecule has 21 heteroatoms. The van der Waals surface area contributed by atoms with Crippen LogP contribution in [0, 0.1) is 12.3 Å². The molecule has 20 nitrogen and oxygen atoms in total. The number of hydrogen-bond acceptors (Lipinski definition) is 15. The molecule has 0 spiro atoms. The molecule has 0 bridgehead atoms. The number of anilines is 6. The van der Waals surface area contributed by atoms with Gasteiger partial charge in [-0.2, -0.15) is 4.98 Å². The predicted octanol–water partition coefficient (Wildman–Crippen LogP) is 7.66. The molecule has 420 valence electrons. The normalized spacial score (nSPS) is 17.3. The van der Waals surface area contributed by atoms with Crippen LogP contribution in [-0.2, 0) is 32.3 Å². The van der Waals surface area contributed by atoms with Gasteiger partial charge in [0.2, 0.25) is 29.6 Å². The van der Waals surface area contributed by atoms with E-state index in [1.165, 1.54) is 4.90 Å². The average Bonchev–Trinajstić information content (AvgIpc) is 4.11. The number of nitrogens with one attached hydrogen (secondary N) is 4. The van der Waals surface area contributed by atoms with E-state index in [9.17, 15) is 29.1 Å². The predicted molar refractivity (Wildman–Crippen MR) is 309 cm³/mol. The second-order valence-corrected chi connectivity index (χ2v) is 22.3. The molecule has 80 heavy (non-hydrogen) atoms. The summed E-state index contributed by atoms with van der Waals surface area (Å²) in [6.07, 6.45) is 1.28. The number of hydrogen-bond donors (Lipinski definition) is 5. The number of fused-ring (bicyclic) bond motifs is 1. The minimum atomic E-state index is -0.941. The molecule has 9 rings (SSSR count). The number of rotatable bonds is 18. The Morgan fingerprint density at radius 3 is 2.14 bits per heavy atom. The number of urea groups is 1. The quantitative estimate of drug-likeness (QED) is 0.0557. The van der Waals surface area contributed by atoms with Gasteiger partial charge in [0.1, 0.15) is 29.4 Å². The molecule has 4 atom stereocenters. The summed E-state index contributed by atoms with van der Waals surface area (Å²) in [6.45, 7) is 14.3. The highest BCUT2D eigenvalue weighted by molar-refractivity contribution is 7.13. The summed E-state index contributed by atoms with van der Waals surface area (Å²) < 4.78 is 11.1. The maximum Gasteiger partial charge on any atom is 0.330 e. The Bertz CT molecular complexity index is 3170. The molecule has 0 radical (unpaired) electrons. The molecule has 0 unspecified atom stereocenters. The van der Waals surface area contributed by atoms with Gasteiger partial charge in [-0.25, -0.2) is 14.8 Å². The molecule has 5 N–H and O–H groups in total. The summed E-state index contributed by atoms with van der Waals surface area (Å²) in [6, 6.07) is 26.0. The van der Waals surface area contributed by atoms with E-state index in [0.717, 1.165) is 44.2 Å². The highest BCUT2D eigenvalue weighted by Gasteiger charge is 2.45. The number of β-amino-alcohol motifs (C(OH)–C–C–N with tert-alkyl or cyclic N) is 1. The van der Waals surface area contributed by atoms with E-state index in [0.29, 0.717) is 67.2 Å². The Hall–Kier alpha value is -8.14. The number of ether oxygens (including phenoxy) is 2. The first-order valence-electron chi connectivity index (χ1n) is 26.9. The largest absolute Gasteiger partial charge is 0.497 e. The SMILES string of the molecule is CCC(=O)Nc1ccc(CN2C(=O)N(c3cc(OC)cc(OC)c3)Cc3cnc(Nc4ccc(N5CCN(CC(=O)N[C@H](C(=O)N6C[C@H](O)C[C@H]6C(=O)N[C@H](C)c6ccc(-c7scnc7C)cc6)C(C)(C)C)CC5)cc4)nc32)cc1. The number of aromatic nitrogens is 3. The second-order valence-electron chi connectivity index (χ2n) is 21.5. The molecular formula is C59H70N12O8S. The van der Waals surface area contributed by atoms with Gasteiger partial charge in [0.05, 0.1) is 67.8 Å². The number of aliphatic hydroxyl groups excluding tert-OH is 1. The lowest BCUT2D eigenvalue weighted by atomic mass is 9.85. The van der Waals surface area contributed by atoms with Gasteiger partial charge in [-0.3, -0.25) is 33.9 Å². The van der Waals surface area contributed by atoms with Crippen LogP contribution in [0.2, 0.25) is 0 Å². The van der Waals surface area contributed by atoms with E-state index in [1.54, 1.807) is 66.7 Å². The van der Waals surface area contributed by atoms with Gasteiger partial charge in [-0.15, -0.1) is 11.3 Å². The summed E-state index contributed by atoms with van der Waals surface area (Å²) >= 11 is 1.57. The van der Waals surface area contributed by atoms with Crippen LogP contribution in [0.5, 0.6) is 11.5 Å². The Morgan fingerprint density at radius 2 is 1.51 bits per heavy atom. The lowest BCUT2D eigenvalue weighted by molar-refractivity contribution is -0.144. The highest BCUT2D eigenvalue weighted by atomic mass is 32.1. The number of likely N-dealkylation sites (tertiary alicyclic amines) is 1. The number of carbonyl (C=O) groups excluding carboxylic acids is 5. The maximum absolute atomic E-state index is 14.5. The Labute approximate surface area is 470 Å². The topological polar surface area (TPSA) is 227 Å². The summed E-state index contributed by atoms with van der Waals surface area (Å²) in [5.41, 5.74) is 8.55. The summed E-state index contributed by atoms with van der Waals surface area (Å²) in [5.74, 6) is 0.666. The minimum absolute atomic E-state index is 0.0129. The van der Waals surface area contributed by atoms with E-state index in [-0.39, 0.29) is 62.4 Å². The van der Waals surface area contributed by atoms with Crippen molar-refractivity contribution in [2.45, 2.75) is 91.7 Å². The van der Waals surface area contributed by atoms with Crippen molar-refractivity contribution < 1.29 is 38.6 Å². The van der Waals surface area contributed by atoms with Crippen molar-refractivity contribution in [2.75, 3.05) is 78.8 Å². The molecule has 0 aliphatic carbocycles. The molecule has 6 aromatic rings. The standard InChI is InChI=1S/C59H70N12O8S/c1-9-50(73)63-42-16-10-38(11-17-42)31-71-54-41(32-69(58(71)77)45-26-47(78-7)29-48(27-45)79-8)30-60-57(66-54)64-43-18-20-44(21-19-43)68-24-22-67(23-25-68)34-51(74)65-53(59(4,5)6)56(76)70-33-46(72)28-49(70)55(75)62-36(2)39-12-14-40(15-13-39)52-37(3)61-35-80-52/h10-21,26-27,29-30,35-36,46,49,53,72H,9,22-25,28,31-34H2,1-8H3,(H,62,75)(H,63,73)(H,65,74)(H,60,64,66)/t36-,46-,49+,53-/m1/s1. The number of benzene rings is 4. The molecule has 5 heterocycles. The molecule has 3 aliphatic rings. The van der Waals surface area contributed by atoms with Crippen molar-refractivity contribution in [2.24, 2.45) is 5.41 Å². The molecule has 0 saturated carbocycles. The van der Waals surface area contributed by atoms with Crippen molar-refractivity contribution in [1.29, 1.82) is 0 Å². The first kappa shape index (κ1) is 56.6. The van der Waals surface area contributed by atoms with E-state index in [1.807, 2.05) is 113 Å². The van der Waals surface area contributed by atoms with Gasteiger partial charge >= 0.3 is 6.03 Å². The lowest BCUT2D eigenvalue weighted by Gasteiger charge is -2.38. The number of thiazole rings is 1.